The Balaban J connectivity index is 1.81. The Morgan fingerprint density at radius 1 is 1.12 bits per heavy atom. The van der Waals surface area contributed by atoms with Gasteiger partial charge in [0.2, 0.25) is 5.91 Å². The fraction of sp³-hybridized carbons (Fsp3) is 0.333. The molecule has 0 saturated carbocycles. The van der Waals surface area contributed by atoms with E-state index in [0.29, 0.717) is 23.6 Å². The van der Waals surface area contributed by atoms with Crippen molar-refractivity contribution in [2.24, 2.45) is 5.92 Å². The minimum Gasteiger partial charge on any atom is -0.477 e. The van der Waals surface area contributed by atoms with E-state index in [-0.39, 0.29) is 27.3 Å². The highest BCUT2D eigenvalue weighted by molar-refractivity contribution is 8.13. The van der Waals surface area contributed by atoms with E-state index in [1.165, 1.54) is 18.7 Å². The summed E-state index contributed by atoms with van der Waals surface area (Å²) in [4.78, 5) is 50.0. The van der Waals surface area contributed by atoms with Gasteiger partial charge in [-0.3, -0.25) is 9.59 Å². The van der Waals surface area contributed by atoms with Crippen LogP contribution >= 0.6 is 23.5 Å². The van der Waals surface area contributed by atoms with Gasteiger partial charge in [-0.25, -0.2) is 14.1 Å². The summed E-state index contributed by atoms with van der Waals surface area (Å²) in [5.74, 6) is -1.27. The Kier molecular flexibility index (Phi) is 8.71. The number of para-hydroxylation sites is 1. The topological polar surface area (TPSA) is 101 Å². The first kappa shape index (κ1) is 25.0. The molecule has 3 rings (SSSR count). The molecule has 1 fully saturated rings. The summed E-state index contributed by atoms with van der Waals surface area (Å²) in [6.07, 6.45) is 0.439. The molecule has 1 saturated heterocycles. The predicted octanol–water partition coefficient (Wildman–Crippen LogP) is 2.93. The maximum atomic E-state index is 13.6. The standard InChI is InChI=1S/C24H26N2O5S2/c1-17(27)33-14-19(12-18-8-4-2-5-9-18)23(30)25-21-15-32-16-26(24(21)31,13-22(28)29)20-10-6-3-7-11-20/h2-11,19,21H,12-16H2,1H3,(H-,25,28,29,30)/p+1/t19-,21-,26-/m1/s1. The van der Waals surface area contributed by atoms with E-state index < -0.39 is 24.5 Å². The Morgan fingerprint density at radius 3 is 2.36 bits per heavy atom. The summed E-state index contributed by atoms with van der Waals surface area (Å²) in [6, 6.07) is 17.5. The lowest BCUT2D eigenvalue weighted by Crippen LogP contribution is -2.67. The molecule has 2 amide bonds. The van der Waals surface area contributed by atoms with Gasteiger partial charge in [0.05, 0.1) is 5.92 Å². The molecule has 0 radical (unpaired) electrons. The number of aliphatic carboxylic acids is 1. The van der Waals surface area contributed by atoms with Gasteiger partial charge in [0, 0.05) is 18.4 Å². The average Bonchev–Trinajstić information content (AvgIpc) is 2.80. The third-order valence-corrected chi connectivity index (χ3v) is 7.64. The van der Waals surface area contributed by atoms with Crippen LogP contribution in [0.3, 0.4) is 0 Å². The highest BCUT2D eigenvalue weighted by Gasteiger charge is 2.49. The predicted molar refractivity (Wildman–Crippen MR) is 132 cm³/mol. The number of nitrogens with zero attached hydrogens (tertiary/aromatic N) is 1. The summed E-state index contributed by atoms with van der Waals surface area (Å²) in [6.45, 7) is 1.07. The molecule has 0 aliphatic carbocycles. The molecule has 0 bridgehead atoms. The molecule has 1 aliphatic heterocycles. The fourth-order valence-electron chi connectivity index (χ4n) is 3.86. The monoisotopic (exact) mass is 487 g/mol. The molecule has 9 heteroatoms. The SMILES string of the molecule is CC(=O)SC[C@@H](Cc1ccccc1)C(=O)N[C@@H]1CSC[N@+](CC(=O)O)(c2ccccc2)C1=O. The van der Waals surface area contributed by atoms with Crippen molar-refractivity contribution < 1.29 is 24.3 Å². The Labute approximate surface area is 201 Å². The van der Waals surface area contributed by atoms with Crippen LogP contribution in [-0.4, -0.2) is 58.0 Å². The number of carbonyl (C=O) groups excluding carboxylic acids is 3. The number of benzene rings is 2. The molecule has 0 spiro atoms. The Bertz CT molecular complexity index is 1000. The number of rotatable bonds is 9. The first-order valence-electron chi connectivity index (χ1n) is 10.6. The second kappa shape index (κ2) is 11.5. The van der Waals surface area contributed by atoms with Crippen LogP contribution < -0.4 is 9.80 Å². The van der Waals surface area contributed by atoms with Crippen molar-refractivity contribution in [3.8, 4) is 0 Å². The zero-order valence-corrected chi connectivity index (χ0v) is 19.9. The van der Waals surface area contributed by atoms with Crippen molar-refractivity contribution in [1.82, 2.24) is 9.80 Å². The lowest BCUT2D eigenvalue weighted by molar-refractivity contribution is -0.144. The van der Waals surface area contributed by atoms with Crippen LogP contribution in [0.2, 0.25) is 0 Å². The van der Waals surface area contributed by atoms with Crippen LogP contribution in [0.4, 0.5) is 5.69 Å². The number of amides is 2. The number of nitrogens with one attached hydrogen (secondary N) is 1. The van der Waals surface area contributed by atoms with Crippen LogP contribution in [0.1, 0.15) is 12.5 Å². The zero-order chi connectivity index (χ0) is 23.8. The average molecular weight is 488 g/mol. The molecule has 1 heterocycles. The molecule has 2 N–H and O–H groups in total. The largest absolute Gasteiger partial charge is 0.477 e. The fourth-order valence-corrected chi connectivity index (χ4v) is 5.81. The summed E-state index contributed by atoms with van der Waals surface area (Å²) < 4.78 is -0.364. The summed E-state index contributed by atoms with van der Waals surface area (Å²) >= 11 is 2.52. The van der Waals surface area contributed by atoms with Gasteiger partial charge in [-0.15, -0.1) is 0 Å². The number of carboxylic acid groups (broad SMARTS) is 1. The van der Waals surface area contributed by atoms with Gasteiger partial charge in [-0.05, 0) is 24.1 Å². The van der Waals surface area contributed by atoms with Gasteiger partial charge in [-0.2, -0.15) is 0 Å². The zero-order valence-electron chi connectivity index (χ0n) is 18.3. The van der Waals surface area contributed by atoms with E-state index in [1.54, 1.807) is 24.3 Å². The Hall–Kier alpha value is -2.62. The van der Waals surface area contributed by atoms with Crippen LogP contribution in [0.15, 0.2) is 60.7 Å². The van der Waals surface area contributed by atoms with Crippen molar-refractivity contribution in [3.05, 3.63) is 66.2 Å². The highest BCUT2D eigenvalue weighted by atomic mass is 32.2. The molecule has 3 atom stereocenters. The van der Waals surface area contributed by atoms with E-state index in [2.05, 4.69) is 5.32 Å². The van der Waals surface area contributed by atoms with E-state index >= 15 is 0 Å². The number of carboxylic acids is 1. The molecular weight excluding hydrogens is 460 g/mol. The van der Waals surface area contributed by atoms with Crippen molar-refractivity contribution in [2.75, 3.05) is 23.9 Å². The lowest BCUT2D eigenvalue weighted by Gasteiger charge is -2.39. The quantitative estimate of drug-likeness (QED) is 0.525. The van der Waals surface area contributed by atoms with Gasteiger partial charge in [0.15, 0.2) is 17.7 Å². The van der Waals surface area contributed by atoms with Crippen LogP contribution in [0.25, 0.3) is 0 Å². The third kappa shape index (κ3) is 6.46. The number of thioether (sulfide) groups is 2. The second-order valence-corrected chi connectivity index (χ2v) is 10.1. The van der Waals surface area contributed by atoms with Crippen LogP contribution in [0.5, 0.6) is 0 Å². The highest BCUT2D eigenvalue weighted by Crippen LogP contribution is 2.32. The number of hydrogen-bond acceptors (Lipinski definition) is 6. The second-order valence-electron chi connectivity index (χ2n) is 7.94. The summed E-state index contributed by atoms with van der Waals surface area (Å²) in [7, 11) is 0. The first-order chi connectivity index (χ1) is 15.8. The van der Waals surface area contributed by atoms with Gasteiger partial charge < -0.3 is 10.4 Å². The number of carbonyl (C=O) groups is 4. The van der Waals surface area contributed by atoms with Crippen molar-refractivity contribution in [2.45, 2.75) is 19.4 Å². The summed E-state index contributed by atoms with van der Waals surface area (Å²) in [5.41, 5.74) is 1.55. The Morgan fingerprint density at radius 2 is 1.76 bits per heavy atom. The molecule has 1 aliphatic rings. The number of hydrogen-bond donors (Lipinski definition) is 2. The molecule has 174 valence electrons. The smallest absolute Gasteiger partial charge is 0.360 e. The maximum Gasteiger partial charge on any atom is 0.360 e. The van der Waals surface area contributed by atoms with E-state index in [9.17, 15) is 24.3 Å². The summed E-state index contributed by atoms with van der Waals surface area (Å²) in [5, 5.41) is 12.3. The molecular formula is C24H27N2O5S2+. The first-order valence-corrected chi connectivity index (χ1v) is 12.7. The van der Waals surface area contributed by atoms with Crippen molar-refractivity contribution in [1.29, 1.82) is 0 Å². The van der Waals surface area contributed by atoms with Crippen LogP contribution in [-0.2, 0) is 25.6 Å². The number of quaternary nitrogens is 1. The van der Waals surface area contributed by atoms with Gasteiger partial charge >= 0.3 is 11.9 Å². The van der Waals surface area contributed by atoms with Crippen molar-refractivity contribution in [3.63, 3.8) is 0 Å². The van der Waals surface area contributed by atoms with Crippen molar-refractivity contribution >= 4 is 52.1 Å². The molecule has 7 nitrogen and oxygen atoms in total. The van der Waals surface area contributed by atoms with Gasteiger partial charge in [0.25, 0.3) is 0 Å². The molecule has 0 aromatic heterocycles. The molecule has 33 heavy (non-hydrogen) atoms. The molecule has 2 aromatic carbocycles. The van der Waals surface area contributed by atoms with Gasteiger partial charge in [0.1, 0.15) is 11.6 Å². The molecule has 0 unspecified atom stereocenters. The van der Waals surface area contributed by atoms with E-state index in [0.717, 1.165) is 17.3 Å². The normalized spacial score (nSPS) is 21.2. The third-order valence-electron chi connectivity index (χ3n) is 5.47. The van der Waals surface area contributed by atoms with E-state index in [1.807, 2.05) is 36.4 Å². The van der Waals surface area contributed by atoms with E-state index in [4.69, 9.17) is 0 Å². The minimum atomic E-state index is -1.08. The maximum absolute atomic E-state index is 13.6. The van der Waals surface area contributed by atoms with Gasteiger partial charge in [-0.1, -0.05) is 72.1 Å². The minimum absolute atomic E-state index is 0.0774. The lowest BCUT2D eigenvalue weighted by atomic mass is 9.99. The van der Waals surface area contributed by atoms with Crippen LogP contribution in [0, 0.1) is 5.92 Å². The molecule has 2 aromatic rings.